The number of nitrogen functional groups attached to an aromatic ring is 1. The molecule has 1 atom stereocenters. The van der Waals surface area contributed by atoms with Crippen LogP contribution in [0.1, 0.15) is 12.5 Å². The van der Waals surface area contributed by atoms with Crippen LogP contribution in [-0.2, 0) is 10.0 Å². The Bertz CT molecular complexity index is 579. The average Bonchev–Trinajstić information content (AvgIpc) is 2.36. The Labute approximate surface area is 118 Å². The van der Waals surface area contributed by atoms with Gasteiger partial charge in [0.25, 0.3) is 0 Å². The number of nitrogens with zero attached hydrogens (tertiary/aromatic N) is 1. The molecule has 0 radical (unpaired) electrons. The van der Waals surface area contributed by atoms with Crippen molar-refractivity contribution in [2.75, 3.05) is 24.3 Å². The second kappa shape index (κ2) is 6.80. The van der Waals surface area contributed by atoms with Crippen molar-refractivity contribution >= 4 is 27.5 Å². The van der Waals surface area contributed by atoms with Crippen molar-refractivity contribution in [1.82, 2.24) is 4.72 Å². The molecule has 19 heavy (non-hydrogen) atoms. The number of benzene rings is 1. The molecule has 0 heterocycles. The van der Waals surface area contributed by atoms with Crippen molar-refractivity contribution in [2.45, 2.75) is 11.8 Å². The molecule has 104 valence electrons. The predicted octanol–water partition coefficient (Wildman–Crippen LogP) is 1.42. The summed E-state index contributed by atoms with van der Waals surface area (Å²) in [5.74, 6) is 1.10. The van der Waals surface area contributed by atoms with Crippen molar-refractivity contribution in [2.24, 2.45) is 5.92 Å². The van der Waals surface area contributed by atoms with Gasteiger partial charge in [0.05, 0.1) is 10.5 Å². The molecule has 0 aliphatic heterocycles. The minimum absolute atomic E-state index is 0.0273. The highest BCUT2D eigenvalue weighted by atomic mass is 32.2. The molecule has 0 saturated heterocycles. The zero-order valence-electron chi connectivity index (χ0n) is 10.9. The van der Waals surface area contributed by atoms with Crippen LogP contribution in [0.5, 0.6) is 0 Å². The highest BCUT2D eigenvalue weighted by Gasteiger charge is 2.19. The summed E-state index contributed by atoms with van der Waals surface area (Å²) in [5, 5.41) is 8.97. The average molecular weight is 299 g/mol. The molecule has 0 bridgehead atoms. The van der Waals surface area contributed by atoms with Gasteiger partial charge in [-0.05, 0) is 36.1 Å². The van der Waals surface area contributed by atoms with Gasteiger partial charge in [-0.1, -0.05) is 6.92 Å². The summed E-state index contributed by atoms with van der Waals surface area (Å²) in [6, 6.07) is 6.04. The first-order valence-electron chi connectivity index (χ1n) is 5.69. The van der Waals surface area contributed by atoms with E-state index in [-0.39, 0.29) is 16.4 Å². The topological polar surface area (TPSA) is 96.0 Å². The third-order valence-electron chi connectivity index (χ3n) is 2.49. The largest absolute Gasteiger partial charge is 0.399 e. The van der Waals surface area contributed by atoms with E-state index < -0.39 is 10.0 Å². The van der Waals surface area contributed by atoms with Gasteiger partial charge >= 0.3 is 0 Å². The molecule has 3 N–H and O–H groups in total. The van der Waals surface area contributed by atoms with Gasteiger partial charge in [0.1, 0.15) is 6.07 Å². The van der Waals surface area contributed by atoms with Crippen LogP contribution in [-0.4, -0.2) is 27.0 Å². The second-order valence-corrected chi connectivity index (χ2v) is 6.93. The fourth-order valence-corrected chi connectivity index (χ4v) is 3.53. The monoisotopic (exact) mass is 299 g/mol. The fraction of sp³-hybridized carbons (Fsp3) is 0.417. The molecule has 0 aliphatic rings. The summed E-state index contributed by atoms with van der Waals surface area (Å²) >= 11 is 1.66. The van der Waals surface area contributed by atoms with Gasteiger partial charge in [0.2, 0.25) is 10.0 Å². The fourth-order valence-electron chi connectivity index (χ4n) is 1.54. The number of sulfonamides is 1. The maximum Gasteiger partial charge on any atom is 0.241 e. The molecule has 0 saturated carbocycles. The quantitative estimate of drug-likeness (QED) is 0.774. The van der Waals surface area contributed by atoms with Crippen molar-refractivity contribution in [3.8, 4) is 6.07 Å². The van der Waals surface area contributed by atoms with Crippen molar-refractivity contribution in [1.29, 1.82) is 5.26 Å². The summed E-state index contributed by atoms with van der Waals surface area (Å²) in [6.45, 7) is 2.31. The molecule has 1 aromatic carbocycles. The Kier molecular flexibility index (Phi) is 5.66. The number of anilines is 1. The molecule has 5 nitrogen and oxygen atoms in total. The van der Waals surface area contributed by atoms with Crippen LogP contribution in [0.2, 0.25) is 0 Å². The lowest BCUT2D eigenvalue weighted by Crippen LogP contribution is -2.29. The lowest BCUT2D eigenvalue weighted by atomic mass is 10.2. The normalized spacial score (nSPS) is 12.9. The molecular weight excluding hydrogens is 282 g/mol. The van der Waals surface area contributed by atoms with Gasteiger partial charge in [-0.2, -0.15) is 17.0 Å². The summed E-state index contributed by atoms with van der Waals surface area (Å²) in [6.07, 6.45) is 1.97. The van der Waals surface area contributed by atoms with E-state index in [0.29, 0.717) is 12.2 Å². The molecule has 1 aromatic rings. The van der Waals surface area contributed by atoms with Crippen molar-refractivity contribution in [3.05, 3.63) is 23.8 Å². The number of nitrogens with two attached hydrogens (primary N) is 1. The summed E-state index contributed by atoms with van der Waals surface area (Å²) in [7, 11) is -3.67. The van der Waals surface area contributed by atoms with E-state index in [2.05, 4.69) is 4.72 Å². The number of hydrogen-bond donors (Lipinski definition) is 2. The van der Waals surface area contributed by atoms with Crippen molar-refractivity contribution in [3.63, 3.8) is 0 Å². The van der Waals surface area contributed by atoms with Gasteiger partial charge in [0, 0.05) is 12.2 Å². The lowest BCUT2D eigenvalue weighted by Gasteiger charge is -2.12. The van der Waals surface area contributed by atoms with Crippen LogP contribution in [0.3, 0.4) is 0 Å². The predicted molar refractivity (Wildman–Crippen MR) is 78.3 cm³/mol. The molecule has 0 aliphatic carbocycles. The third kappa shape index (κ3) is 4.42. The van der Waals surface area contributed by atoms with Gasteiger partial charge in [-0.25, -0.2) is 13.1 Å². The molecule has 7 heteroatoms. The second-order valence-electron chi connectivity index (χ2n) is 4.28. The summed E-state index contributed by atoms with van der Waals surface area (Å²) < 4.78 is 26.8. The zero-order chi connectivity index (χ0) is 14.5. The van der Waals surface area contributed by atoms with Gasteiger partial charge in [-0.3, -0.25) is 0 Å². The van der Waals surface area contributed by atoms with Gasteiger partial charge in [0.15, 0.2) is 0 Å². The Morgan fingerprint density at radius 2 is 2.21 bits per heavy atom. The Morgan fingerprint density at radius 3 is 2.79 bits per heavy atom. The molecule has 0 fully saturated rings. The van der Waals surface area contributed by atoms with Crippen LogP contribution in [0, 0.1) is 17.2 Å². The molecule has 1 rings (SSSR count). The molecule has 0 amide bonds. The summed E-state index contributed by atoms with van der Waals surface area (Å²) in [4.78, 5) is -0.0273. The minimum atomic E-state index is -3.67. The zero-order valence-corrected chi connectivity index (χ0v) is 12.5. The Balaban J connectivity index is 2.92. The number of rotatable bonds is 6. The summed E-state index contributed by atoms with van der Waals surface area (Å²) in [5.41, 5.74) is 5.97. The van der Waals surface area contributed by atoms with E-state index in [0.717, 1.165) is 5.75 Å². The van der Waals surface area contributed by atoms with Crippen LogP contribution in [0.15, 0.2) is 23.1 Å². The maximum absolute atomic E-state index is 12.1. The lowest BCUT2D eigenvalue weighted by molar-refractivity contribution is 0.562. The van der Waals surface area contributed by atoms with E-state index in [9.17, 15) is 8.42 Å². The van der Waals surface area contributed by atoms with Crippen LogP contribution < -0.4 is 10.5 Å². The third-order valence-corrected chi connectivity index (χ3v) is 4.87. The highest BCUT2D eigenvalue weighted by Crippen LogP contribution is 2.18. The number of thioether (sulfide) groups is 1. The maximum atomic E-state index is 12.1. The molecular formula is C12H17N3O2S2. The highest BCUT2D eigenvalue weighted by molar-refractivity contribution is 7.98. The van der Waals surface area contributed by atoms with Gasteiger partial charge < -0.3 is 5.73 Å². The number of nitriles is 1. The first-order valence-corrected chi connectivity index (χ1v) is 8.56. The van der Waals surface area contributed by atoms with Crippen LogP contribution >= 0.6 is 11.8 Å². The SMILES string of the molecule is CSCC(C)CNS(=O)(=O)c1ccc(N)cc1C#N. The van der Waals surface area contributed by atoms with Gasteiger partial charge in [-0.15, -0.1) is 0 Å². The number of hydrogen-bond acceptors (Lipinski definition) is 5. The van der Waals surface area contributed by atoms with Crippen LogP contribution in [0.25, 0.3) is 0 Å². The molecule has 0 aromatic heterocycles. The first kappa shape index (κ1) is 15.8. The molecule has 1 unspecified atom stereocenters. The van der Waals surface area contributed by atoms with Crippen molar-refractivity contribution < 1.29 is 8.42 Å². The number of nitrogens with one attached hydrogen (secondary N) is 1. The smallest absolute Gasteiger partial charge is 0.241 e. The Morgan fingerprint density at radius 1 is 1.53 bits per heavy atom. The standard InChI is InChI=1S/C12H17N3O2S2/c1-9(8-18-2)7-15-19(16,17)12-4-3-11(14)5-10(12)6-13/h3-5,9,15H,7-8,14H2,1-2H3. The van der Waals surface area contributed by atoms with Crippen LogP contribution in [0.4, 0.5) is 5.69 Å². The minimum Gasteiger partial charge on any atom is -0.399 e. The first-order chi connectivity index (χ1) is 8.90. The van der Waals surface area contributed by atoms with E-state index in [4.69, 9.17) is 11.0 Å². The molecule has 0 spiro atoms. The Hall–Kier alpha value is -1.23. The van der Waals surface area contributed by atoms with E-state index >= 15 is 0 Å². The van der Waals surface area contributed by atoms with E-state index in [1.165, 1.54) is 18.2 Å². The van der Waals surface area contributed by atoms with E-state index in [1.54, 1.807) is 11.8 Å². The van der Waals surface area contributed by atoms with E-state index in [1.807, 2.05) is 19.2 Å².